The van der Waals surface area contributed by atoms with Crippen molar-refractivity contribution in [2.45, 2.75) is 13.8 Å². The van der Waals surface area contributed by atoms with Gasteiger partial charge in [-0.05, 0) is 13.8 Å². The van der Waals surface area contributed by atoms with Crippen LogP contribution in [0.4, 0.5) is 11.5 Å². The lowest BCUT2D eigenvalue weighted by Gasteiger charge is -2.14. The molecule has 0 aliphatic carbocycles. The average molecular weight is 208 g/mol. The highest BCUT2D eigenvalue weighted by molar-refractivity contribution is 5.99. The monoisotopic (exact) mass is 208 g/mol. The number of nitrogens with two attached hydrogens (primary N) is 1. The predicted molar refractivity (Wildman–Crippen MR) is 61.2 cm³/mol. The first-order valence-corrected chi connectivity index (χ1v) is 4.82. The molecule has 0 unspecified atom stereocenters. The van der Waals surface area contributed by atoms with Crippen molar-refractivity contribution in [1.29, 1.82) is 0 Å². The summed E-state index contributed by atoms with van der Waals surface area (Å²) >= 11 is 0. The van der Waals surface area contributed by atoms with Crippen LogP contribution in [-0.4, -0.2) is 24.5 Å². The topological polar surface area (TPSA) is 80.0 Å². The first kappa shape index (κ1) is 11.3. The Hall–Kier alpha value is -1.78. The van der Waals surface area contributed by atoms with E-state index in [1.165, 1.54) is 6.20 Å². The van der Waals surface area contributed by atoms with E-state index in [2.05, 4.69) is 15.6 Å². The van der Waals surface area contributed by atoms with E-state index >= 15 is 0 Å². The predicted octanol–water partition coefficient (Wildman–Crippen LogP) is 0.962. The van der Waals surface area contributed by atoms with Gasteiger partial charge in [-0.25, -0.2) is 4.98 Å². The lowest BCUT2D eigenvalue weighted by atomic mass is 10.1. The van der Waals surface area contributed by atoms with Gasteiger partial charge in [-0.3, -0.25) is 4.79 Å². The quantitative estimate of drug-likeness (QED) is 0.688. The summed E-state index contributed by atoms with van der Waals surface area (Å²) in [5.74, 6) is 0.278. The van der Waals surface area contributed by atoms with Crippen LogP contribution in [0, 0.1) is 6.92 Å². The normalized spacial score (nSPS) is 9.80. The number of hydrogen-bond acceptors (Lipinski definition) is 4. The molecule has 1 aromatic rings. The molecule has 5 nitrogen and oxygen atoms in total. The van der Waals surface area contributed by atoms with Crippen molar-refractivity contribution in [2.75, 3.05) is 24.2 Å². The summed E-state index contributed by atoms with van der Waals surface area (Å²) < 4.78 is 0. The third-order valence-electron chi connectivity index (χ3n) is 2.18. The molecule has 0 radical (unpaired) electrons. The summed E-state index contributed by atoms with van der Waals surface area (Å²) in [6.07, 6.45) is 1.49. The Morgan fingerprint density at radius 2 is 2.27 bits per heavy atom. The minimum atomic E-state index is -0.468. The number of carbonyl (C=O) groups excluding carboxylic acids is 1. The number of nitrogens with zero attached hydrogens (tertiary/aromatic N) is 1. The van der Waals surface area contributed by atoms with Crippen molar-refractivity contribution < 1.29 is 4.79 Å². The van der Waals surface area contributed by atoms with E-state index in [1.807, 2.05) is 13.8 Å². The third kappa shape index (κ3) is 2.18. The highest BCUT2D eigenvalue weighted by atomic mass is 16.1. The highest BCUT2D eigenvalue weighted by Gasteiger charge is 2.13. The molecule has 1 heterocycles. The molecule has 1 aromatic heterocycles. The molecule has 4 N–H and O–H groups in total. The second kappa shape index (κ2) is 4.63. The first-order valence-electron chi connectivity index (χ1n) is 4.82. The van der Waals surface area contributed by atoms with Crippen molar-refractivity contribution in [2.24, 2.45) is 5.73 Å². The molecular formula is C10H16N4O. The van der Waals surface area contributed by atoms with E-state index in [0.29, 0.717) is 5.56 Å². The minimum Gasteiger partial charge on any atom is -0.384 e. The fraction of sp³-hybridized carbons (Fsp3) is 0.400. The van der Waals surface area contributed by atoms with E-state index in [4.69, 9.17) is 5.73 Å². The Morgan fingerprint density at radius 1 is 1.60 bits per heavy atom. The van der Waals surface area contributed by atoms with Gasteiger partial charge in [0.1, 0.15) is 5.82 Å². The molecule has 0 atom stereocenters. The first-order chi connectivity index (χ1) is 7.11. The smallest absolute Gasteiger partial charge is 0.252 e. The molecule has 0 aliphatic rings. The van der Waals surface area contributed by atoms with Crippen molar-refractivity contribution in [3.63, 3.8) is 0 Å². The molecule has 1 amide bonds. The second-order valence-corrected chi connectivity index (χ2v) is 3.17. The summed E-state index contributed by atoms with van der Waals surface area (Å²) in [5.41, 5.74) is 7.34. The van der Waals surface area contributed by atoms with E-state index in [1.54, 1.807) is 7.05 Å². The highest BCUT2D eigenvalue weighted by Crippen LogP contribution is 2.24. The Balaban J connectivity index is 3.30. The number of carbonyl (C=O) groups is 1. The van der Waals surface area contributed by atoms with E-state index in [9.17, 15) is 4.79 Å². The van der Waals surface area contributed by atoms with Crippen molar-refractivity contribution in [3.8, 4) is 0 Å². The fourth-order valence-corrected chi connectivity index (χ4v) is 1.45. The zero-order valence-corrected chi connectivity index (χ0v) is 9.22. The Kier molecular flexibility index (Phi) is 3.49. The molecule has 0 saturated heterocycles. The molecular weight excluding hydrogens is 192 g/mol. The van der Waals surface area contributed by atoms with Gasteiger partial charge in [-0.15, -0.1) is 0 Å². The lowest BCUT2D eigenvalue weighted by molar-refractivity contribution is 0.100. The summed E-state index contributed by atoms with van der Waals surface area (Å²) in [5, 5.41) is 6.08. The SMILES string of the molecule is CCNc1c(C(N)=O)cnc(NC)c1C. The van der Waals surface area contributed by atoms with Crippen LogP contribution < -0.4 is 16.4 Å². The van der Waals surface area contributed by atoms with Crippen LogP contribution in [0.25, 0.3) is 0 Å². The standard InChI is InChI=1S/C10H16N4O/c1-4-13-8-6(2)10(12-3)14-5-7(8)9(11)15/h5H,4H2,1-3H3,(H2,11,15)(H2,12,13,14). The van der Waals surface area contributed by atoms with Gasteiger partial charge in [0.15, 0.2) is 0 Å². The summed E-state index contributed by atoms with van der Waals surface area (Å²) in [4.78, 5) is 15.3. The number of nitrogens with one attached hydrogen (secondary N) is 2. The van der Waals surface area contributed by atoms with Crippen LogP contribution in [-0.2, 0) is 0 Å². The van der Waals surface area contributed by atoms with Crippen molar-refractivity contribution in [3.05, 3.63) is 17.3 Å². The number of amides is 1. The summed E-state index contributed by atoms with van der Waals surface area (Å²) in [6.45, 7) is 4.58. The number of pyridine rings is 1. The van der Waals surface area contributed by atoms with Crippen LogP contribution >= 0.6 is 0 Å². The zero-order valence-electron chi connectivity index (χ0n) is 9.22. The van der Waals surface area contributed by atoms with Gasteiger partial charge in [-0.1, -0.05) is 0 Å². The number of hydrogen-bond donors (Lipinski definition) is 3. The van der Waals surface area contributed by atoms with Gasteiger partial charge >= 0.3 is 0 Å². The van der Waals surface area contributed by atoms with Crippen LogP contribution in [0.3, 0.4) is 0 Å². The van der Waals surface area contributed by atoms with Crippen LogP contribution in [0.15, 0.2) is 6.20 Å². The maximum absolute atomic E-state index is 11.2. The maximum atomic E-state index is 11.2. The Labute approximate surface area is 89.1 Å². The molecule has 0 spiro atoms. The van der Waals surface area contributed by atoms with E-state index < -0.39 is 5.91 Å². The number of aromatic nitrogens is 1. The molecule has 0 fully saturated rings. The largest absolute Gasteiger partial charge is 0.384 e. The van der Waals surface area contributed by atoms with E-state index in [-0.39, 0.29) is 0 Å². The Morgan fingerprint density at radius 3 is 2.73 bits per heavy atom. The number of rotatable bonds is 4. The summed E-state index contributed by atoms with van der Waals surface area (Å²) in [6, 6.07) is 0. The van der Waals surface area contributed by atoms with E-state index in [0.717, 1.165) is 23.6 Å². The lowest BCUT2D eigenvalue weighted by Crippen LogP contribution is -2.16. The third-order valence-corrected chi connectivity index (χ3v) is 2.18. The molecule has 0 aliphatic heterocycles. The Bertz CT molecular complexity index is 376. The van der Waals surface area contributed by atoms with Gasteiger partial charge < -0.3 is 16.4 Å². The second-order valence-electron chi connectivity index (χ2n) is 3.17. The molecule has 5 heteroatoms. The molecule has 15 heavy (non-hydrogen) atoms. The van der Waals surface area contributed by atoms with Crippen LogP contribution in [0.2, 0.25) is 0 Å². The molecule has 82 valence electrons. The molecule has 0 aromatic carbocycles. The summed E-state index contributed by atoms with van der Waals surface area (Å²) in [7, 11) is 1.79. The van der Waals surface area contributed by atoms with Crippen LogP contribution in [0.5, 0.6) is 0 Å². The zero-order chi connectivity index (χ0) is 11.4. The van der Waals surface area contributed by atoms with Crippen molar-refractivity contribution in [1.82, 2.24) is 4.98 Å². The van der Waals surface area contributed by atoms with Gasteiger partial charge in [0, 0.05) is 25.4 Å². The molecule has 1 rings (SSSR count). The van der Waals surface area contributed by atoms with Crippen LogP contribution in [0.1, 0.15) is 22.8 Å². The molecule has 0 bridgehead atoms. The maximum Gasteiger partial charge on any atom is 0.252 e. The van der Waals surface area contributed by atoms with Gasteiger partial charge in [0.25, 0.3) is 5.91 Å². The minimum absolute atomic E-state index is 0.424. The van der Waals surface area contributed by atoms with Crippen molar-refractivity contribution >= 4 is 17.4 Å². The van der Waals surface area contributed by atoms with Gasteiger partial charge in [0.05, 0.1) is 11.3 Å². The van der Waals surface area contributed by atoms with Gasteiger partial charge in [-0.2, -0.15) is 0 Å². The average Bonchev–Trinajstić information content (AvgIpc) is 2.20. The number of primary amides is 1. The number of anilines is 2. The fourth-order valence-electron chi connectivity index (χ4n) is 1.45. The molecule has 0 saturated carbocycles. The van der Waals surface area contributed by atoms with Gasteiger partial charge in [0.2, 0.25) is 0 Å².